The molecule has 1 aliphatic carbocycles. The highest BCUT2D eigenvalue weighted by Crippen LogP contribution is 2.25. The molecule has 2 aromatic carbocycles. The third kappa shape index (κ3) is 8.06. The average molecular weight is 542 g/mol. The fraction of sp³-hybridized carbons (Fsp3) is 0.533. The number of sulfonamides is 1. The normalized spacial score (nSPS) is 14.8. The molecule has 2 aromatic rings. The zero-order valence-electron chi connectivity index (χ0n) is 23.5. The molecular weight excluding hydrogens is 498 g/mol. The molecule has 1 saturated carbocycles. The minimum Gasteiger partial charge on any atom is -0.352 e. The first-order valence-corrected chi connectivity index (χ1v) is 15.5. The number of anilines is 1. The molecule has 1 aliphatic rings. The van der Waals surface area contributed by atoms with Gasteiger partial charge in [-0.1, -0.05) is 61.7 Å². The number of hydrogen-bond acceptors (Lipinski definition) is 4. The van der Waals surface area contributed by atoms with E-state index in [1.165, 1.54) is 10.6 Å². The summed E-state index contributed by atoms with van der Waals surface area (Å²) >= 11 is 0. The minimum absolute atomic E-state index is 0.104. The van der Waals surface area contributed by atoms with Gasteiger partial charge in [0.05, 0.1) is 11.9 Å². The third-order valence-corrected chi connectivity index (χ3v) is 8.53. The van der Waals surface area contributed by atoms with Crippen LogP contribution in [0, 0.1) is 20.8 Å². The maximum absolute atomic E-state index is 13.6. The quantitative estimate of drug-likeness (QED) is 0.409. The van der Waals surface area contributed by atoms with Crippen LogP contribution in [0.3, 0.4) is 0 Å². The van der Waals surface area contributed by atoms with Crippen LogP contribution in [0.1, 0.15) is 74.1 Å². The molecule has 0 spiro atoms. The first-order valence-electron chi connectivity index (χ1n) is 13.7. The third-order valence-electron chi connectivity index (χ3n) is 7.35. The Balaban J connectivity index is 1.77. The number of carbonyl (C=O) groups is 2. The lowest BCUT2D eigenvalue weighted by molar-refractivity contribution is -0.141. The number of nitrogens with one attached hydrogen (secondary N) is 1. The summed E-state index contributed by atoms with van der Waals surface area (Å²) in [5.41, 5.74) is 4.56. The first kappa shape index (κ1) is 29.7. The van der Waals surface area contributed by atoms with Crippen LogP contribution in [-0.2, 0) is 26.2 Å². The number of amides is 2. The van der Waals surface area contributed by atoms with Gasteiger partial charge >= 0.3 is 0 Å². The standard InChI is InChI=1S/C30H43N3O4S/c1-6-27(30(35)31-26-10-7-8-11-26)32(21-25-17-14-22(2)15-18-25)29(34)12-9-19-33(38(5,36)37)28-20-23(3)13-16-24(28)4/h13-18,20,26-27H,6-12,19,21H2,1-5H3,(H,31,35). The van der Waals surface area contributed by atoms with Crippen LogP contribution in [0.5, 0.6) is 0 Å². The van der Waals surface area contributed by atoms with Crippen LogP contribution in [0.4, 0.5) is 5.69 Å². The molecule has 2 amide bonds. The van der Waals surface area contributed by atoms with Crippen LogP contribution in [0.2, 0.25) is 0 Å². The molecule has 0 heterocycles. The molecule has 38 heavy (non-hydrogen) atoms. The van der Waals surface area contributed by atoms with E-state index in [0.717, 1.165) is 47.9 Å². The average Bonchev–Trinajstić information content (AvgIpc) is 3.36. The van der Waals surface area contributed by atoms with Gasteiger partial charge in [0.15, 0.2) is 0 Å². The van der Waals surface area contributed by atoms with Crippen molar-refractivity contribution in [3.05, 3.63) is 64.7 Å². The summed E-state index contributed by atoms with van der Waals surface area (Å²) in [6, 6.07) is 13.3. The molecule has 0 saturated heterocycles. The van der Waals surface area contributed by atoms with Crippen LogP contribution >= 0.6 is 0 Å². The molecule has 1 unspecified atom stereocenters. The van der Waals surface area contributed by atoms with Crippen molar-refractivity contribution in [1.82, 2.24) is 10.2 Å². The van der Waals surface area contributed by atoms with Crippen LogP contribution < -0.4 is 9.62 Å². The Bertz CT molecular complexity index is 1200. The summed E-state index contributed by atoms with van der Waals surface area (Å²) in [5, 5.41) is 3.17. The predicted molar refractivity (Wildman–Crippen MR) is 154 cm³/mol. The second kappa shape index (κ2) is 13.3. The monoisotopic (exact) mass is 541 g/mol. The van der Waals surface area contributed by atoms with E-state index < -0.39 is 16.1 Å². The van der Waals surface area contributed by atoms with E-state index in [1.807, 2.05) is 70.2 Å². The molecule has 0 bridgehead atoms. The molecule has 0 aliphatic heterocycles. The summed E-state index contributed by atoms with van der Waals surface area (Å²) < 4.78 is 26.7. The van der Waals surface area contributed by atoms with Crippen molar-refractivity contribution in [3.8, 4) is 0 Å². The number of aryl methyl sites for hydroxylation is 3. The van der Waals surface area contributed by atoms with Gasteiger partial charge in [0, 0.05) is 25.6 Å². The molecule has 1 fully saturated rings. The lowest BCUT2D eigenvalue weighted by atomic mass is 10.1. The molecular formula is C30H43N3O4S. The summed E-state index contributed by atoms with van der Waals surface area (Å²) in [5.74, 6) is -0.249. The second-order valence-corrected chi connectivity index (χ2v) is 12.6. The highest BCUT2D eigenvalue weighted by atomic mass is 32.2. The summed E-state index contributed by atoms with van der Waals surface area (Å²) in [6.07, 6.45) is 6.40. The van der Waals surface area contributed by atoms with Gasteiger partial charge in [0.25, 0.3) is 0 Å². The van der Waals surface area contributed by atoms with Gasteiger partial charge in [-0.3, -0.25) is 13.9 Å². The van der Waals surface area contributed by atoms with E-state index >= 15 is 0 Å². The lowest BCUT2D eigenvalue weighted by Gasteiger charge is -2.32. The van der Waals surface area contributed by atoms with E-state index in [2.05, 4.69) is 5.32 Å². The van der Waals surface area contributed by atoms with Crippen LogP contribution in [0.25, 0.3) is 0 Å². The highest BCUT2D eigenvalue weighted by molar-refractivity contribution is 7.92. The zero-order chi connectivity index (χ0) is 27.9. The molecule has 208 valence electrons. The molecule has 1 atom stereocenters. The Hall–Kier alpha value is -2.87. The van der Waals surface area contributed by atoms with Crippen molar-refractivity contribution in [3.63, 3.8) is 0 Å². The van der Waals surface area contributed by atoms with Gasteiger partial charge in [0.2, 0.25) is 21.8 Å². The fourth-order valence-corrected chi connectivity index (χ4v) is 6.16. The fourth-order valence-electron chi connectivity index (χ4n) is 5.15. The molecule has 0 aromatic heterocycles. The van der Waals surface area contributed by atoms with Crippen molar-refractivity contribution in [2.75, 3.05) is 17.1 Å². The van der Waals surface area contributed by atoms with E-state index in [-0.39, 0.29) is 30.8 Å². The van der Waals surface area contributed by atoms with Crippen molar-refractivity contribution in [2.24, 2.45) is 0 Å². The Morgan fingerprint density at radius 2 is 1.63 bits per heavy atom. The van der Waals surface area contributed by atoms with Crippen molar-refractivity contribution in [2.45, 2.75) is 91.3 Å². The Morgan fingerprint density at radius 1 is 1.00 bits per heavy atom. The highest BCUT2D eigenvalue weighted by Gasteiger charge is 2.30. The lowest BCUT2D eigenvalue weighted by Crippen LogP contribution is -2.51. The number of rotatable bonds is 12. The largest absolute Gasteiger partial charge is 0.352 e. The van der Waals surface area contributed by atoms with Crippen molar-refractivity contribution >= 4 is 27.5 Å². The number of benzene rings is 2. The van der Waals surface area contributed by atoms with Gasteiger partial charge in [-0.05, 0) is 69.2 Å². The molecule has 0 radical (unpaired) electrons. The van der Waals surface area contributed by atoms with Gasteiger partial charge in [-0.2, -0.15) is 0 Å². The maximum Gasteiger partial charge on any atom is 0.243 e. The number of carbonyl (C=O) groups excluding carboxylic acids is 2. The summed E-state index contributed by atoms with van der Waals surface area (Å²) in [7, 11) is -3.53. The summed E-state index contributed by atoms with van der Waals surface area (Å²) in [6.45, 7) is 8.29. The Kier molecular flexibility index (Phi) is 10.4. The minimum atomic E-state index is -3.53. The van der Waals surface area contributed by atoms with Crippen molar-refractivity contribution < 1.29 is 18.0 Å². The van der Waals surface area contributed by atoms with Gasteiger partial charge < -0.3 is 10.2 Å². The first-order chi connectivity index (χ1) is 18.0. The molecule has 1 N–H and O–H groups in total. The van der Waals surface area contributed by atoms with E-state index in [9.17, 15) is 18.0 Å². The number of nitrogens with zero attached hydrogens (tertiary/aromatic N) is 2. The van der Waals surface area contributed by atoms with Crippen LogP contribution in [0.15, 0.2) is 42.5 Å². The van der Waals surface area contributed by atoms with E-state index in [0.29, 0.717) is 25.1 Å². The van der Waals surface area contributed by atoms with E-state index in [4.69, 9.17) is 0 Å². The smallest absolute Gasteiger partial charge is 0.243 e. The van der Waals surface area contributed by atoms with Crippen molar-refractivity contribution in [1.29, 1.82) is 0 Å². The number of hydrogen-bond donors (Lipinski definition) is 1. The Labute approximate surface area is 228 Å². The van der Waals surface area contributed by atoms with Gasteiger partial charge in [-0.15, -0.1) is 0 Å². The van der Waals surface area contributed by atoms with Crippen LogP contribution in [-0.4, -0.2) is 50.0 Å². The molecule has 7 nitrogen and oxygen atoms in total. The summed E-state index contributed by atoms with van der Waals surface area (Å²) in [4.78, 5) is 28.6. The Morgan fingerprint density at radius 3 is 2.24 bits per heavy atom. The predicted octanol–water partition coefficient (Wildman–Crippen LogP) is 5.02. The zero-order valence-corrected chi connectivity index (χ0v) is 24.3. The topological polar surface area (TPSA) is 86.8 Å². The maximum atomic E-state index is 13.6. The van der Waals surface area contributed by atoms with E-state index in [1.54, 1.807) is 4.90 Å². The SMILES string of the molecule is CCC(C(=O)NC1CCCC1)N(Cc1ccc(C)cc1)C(=O)CCCN(c1cc(C)ccc1C)S(C)(=O)=O. The molecule has 3 rings (SSSR count). The van der Waals surface area contributed by atoms with Gasteiger partial charge in [-0.25, -0.2) is 8.42 Å². The van der Waals surface area contributed by atoms with Gasteiger partial charge in [0.1, 0.15) is 6.04 Å². The molecule has 8 heteroatoms. The second-order valence-electron chi connectivity index (χ2n) is 10.6.